The number of sulfonamides is 2. The highest BCUT2D eigenvalue weighted by Gasteiger charge is 2.22. The number of anilines is 1. The molecule has 27 heavy (non-hydrogen) atoms. The normalized spacial score (nSPS) is 12.3. The highest BCUT2D eigenvalue weighted by molar-refractivity contribution is 7.89. The molecule has 1 aromatic heterocycles. The van der Waals surface area contributed by atoms with E-state index in [1.54, 1.807) is 13.8 Å². The van der Waals surface area contributed by atoms with Crippen LogP contribution in [0.4, 0.5) is 5.82 Å². The average molecular weight is 453 g/mol. The summed E-state index contributed by atoms with van der Waals surface area (Å²) in [7, 11) is -7.66. The van der Waals surface area contributed by atoms with Crippen molar-refractivity contribution < 1.29 is 16.8 Å². The molecule has 2 rings (SSSR count). The Bertz CT molecular complexity index is 1010. The molecule has 0 aliphatic rings. The lowest BCUT2D eigenvalue weighted by Gasteiger charge is -2.18. The van der Waals surface area contributed by atoms with E-state index in [0.29, 0.717) is 13.1 Å². The third-order valence-electron chi connectivity index (χ3n) is 3.60. The van der Waals surface area contributed by atoms with Crippen molar-refractivity contribution in [1.29, 1.82) is 0 Å². The second-order valence-electron chi connectivity index (χ2n) is 5.25. The van der Waals surface area contributed by atoms with Crippen LogP contribution in [0.5, 0.6) is 0 Å². The molecule has 12 heteroatoms. The van der Waals surface area contributed by atoms with E-state index < -0.39 is 20.0 Å². The van der Waals surface area contributed by atoms with Gasteiger partial charge in [-0.15, -0.1) is 4.83 Å². The maximum absolute atomic E-state index is 12.4. The summed E-state index contributed by atoms with van der Waals surface area (Å²) in [5.41, 5.74) is 2.41. The predicted molar refractivity (Wildman–Crippen MR) is 105 cm³/mol. The fourth-order valence-electron chi connectivity index (χ4n) is 2.19. The molecule has 0 amide bonds. The Labute approximate surface area is 168 Å². The third-order valence-corrected chi connectivity index (χ3v) is 7.85. The lowest BCUT2D eigenvalue weighted by atomic mass is 10.4. The third kappa shape index (κ3) is 4.89. The van der Waals surface area contributed by atoms with Gasteiger partial charge in [0.15, 0.2) is 0 Å². The summed E-state index contributed by atoms with van der Waals surface area (Å²) in [6, 6.07) is 6.90. The predicted octanol–water partition coefficient (Wildman–Crippen LogP) is 2.72. The van der Waals surface area contributed by atoms with E-state index in [-0.39, 0.29) is 25.7 Å². The summed E-state index contributed by atoms with van der Waals surface area (Å²) >= 11 is 11.8. The molecule has 8 nitrogen and oxygen atoms in total. The monoisotopic (exact) mass is 452 g/mol. The summed E-state index contributed by atoms with van der Waals surface area (Å²) < 4.78 is 50.8. The first-order valence-corrected chi connectivity index (χ1v) is 11.5. The molecule has 0 radical (unpaired) electrons. The lowest BCUT2D eigenvalue weighted by Crippen LogP contribution is -2.31. The van der Waals surface area contributed by atoms with E-state index in [1.807, 2.05) is 0 Å². The Balaban J connectivity index is 2.17. The van der Waals surface area contributed by atoms with Crippen LogP contribution < -0.4 is 10.3 Å². The number of nitrogens with zero attached hydrogens (tertiary/aromatic N) is 2. The minimum absolute atomic E-state index is 0.0116. The first-order valence-electron chi connectivity index (χ1n) is 7.81. The SMILES string of the molecule is CCN(CC)S(=O)(=O)c1ccc(NNS(=O)(=O)c2cccc(Cl)c2Cl)nc1. The highest BCUT2D eigenvalue weighted by atomic mass is 35.5. The van der Waals surface area contributed by atoms with Crippen molar-refractivity contribution in [3.8, 4) is 0 Å². The van der Waals surface area contributed by atoms with Crippen LogP contribution in [0.2, 0.25) is 10.0 Å². The van der Waals surface area contributed by atoms with Crippen LogP contribution in [0.25, 0.3) is 0 Å². The van der Waals surface area contributed by atoms with Gasteiger partial charge < -0.3 is 0 Å². The number of aromatic nitrogens is 1. The zero-order chi connectivity index (χ0) is 20.2. The van der Waals surface area contributed by atoms with Gasteiger partial charge in [0.2, 0.25) is 10.0 Å². The Morgan fingerprint density at radius 3 is 2.26 bits per heavy atom. The molecule has 0 saturated carbocycles. The zero-order valence-corrected chi connectivity index (χ0v) is 17.6. The molecule has 0 unspecified atom stereocenters. The van der Waals surface area contributed by atoms with Crippen molar-refractivity contribution in [2.45, 2.75) is 23.6 Å². The molecule has 2 N–H and O–H groups in total. The van der Waals surface area contributed by atoms with Gasteiger partial charge in [-0.05, 0) is 24.3 Å². The highest BCUT2D eigenvalue weighted by Crippen LogP contribution is 2.28. The molecule has 0 spiro atoms. The molecule has 0 fully saturated rings. The van der Waals surface area contributed by atoms with Gasteiger partial charge >= 0.3 is 0 Å². The Hall–Kier alpha value is -1.43. The Kier molecular flexibility index (Phi) is 7.06. The number of hydrazine groups is 1. The fraction of sp³-hybridized carbons (Fsp3) is 0.267. The van der Waals surface area contributed by atoms with Crippen molar-refractivity contribution >= 4 is 49.1 Å². The topological polar surface area (TPSA) is 108 Å². The minimum Gasteiger partial charge on any atom is -0.292 e. The zero-order valence-electron chi connectivity index (χ0n) is 14.5. The summed E-state index contributed by atoms with van der Waals surface area (Å²) in [5, 5.41) is -0.00859. The van der Waals surface area contributed by atoms with Crippen LogP contribution in [0, 0.1) is 0 Å². The molecule has 0 saturated heterocycles. The second-order valence-corrected chi connectivity index (χ2v) is 9.62. The average Bonchev–Trinajstić information content (AvgIpc) is 2.63. The number of rotatable bonds is 8. The van der Waals surface area contributed by atoms with Gasteiger partial charge in [0, 0.05) is 19.3 Å². The molecule has 0 aliphatic carbocycles. The van der Waals surface area contributed by atoms with Crippen LogP contribution in [0.3, 0.4) is 0 Å². The number of halogens is 2. The summed E-state index contributed by atoms with van der Waals surface area (Å²) in [4.78, 5) is 5.86. The summed E-state index contributed by atoms with van der Waals surface area (Å²) in [6.45, 7) is 4.14. The largest absolute Gasteiger partial charge is 0.292 e. The first kappa shape index (κ1) is 21.9. The number of hydrogen-bond acceptors (Lipinski definition) is 6. The maximum Gasteiger partial charge on any atom is 0.258 e. The lowest BCUT2D eigenvalue weighted by molar-refractivity contribution is 0.445. The second kappa shape index (κ2) is 8.72. The van der Waals surface area contributed by atoms with Crippen molar-refractivity contribution in [3.05, 3.63) is 46.6 Å². The minimum atomic E-state index is -4.02. The molecule has 0 aliphatic heterocycles. The van der Waals surface area contributed by atoms with Crippen molar-refractivity contribution in [2.24, 2.45) is 0 Å². The molecule has 0 atom stereocenters. The fourth-order valence-corrected chi connectivity index (χ4v) is 5.20. The van der Waals surface area contributed by atoms with E-state index >= 15 is 0 Å². The van der Waals surface area contributed by atoms with Crippen molar-refractivity contribution in [2.75, 3.05) is 18.5 Å². The molecular formula is C15H18Cl2N4O4S2. The van der Waals surface area contributed by atoms with E-state index in [0.717, 1.165) is 6.20 Å². The van der Waals surface area contributed by atoms with Gasteiger partial charge in [-0.3, -0.25) is 5.43 Å². The molecule has 2 aromatic rings. The molecule has 1 heterocycles. The van der Waals surface area contributed by atoms with E-state index in [1.165, 1.54) is 34.6 Å². The number of pyridine rings is 1. The van der Waals surface area contributed by atoms with E-state index in [4.69, 9.17) is 23.2 Å². The van der Waals surface area contributed by atoms with Crippen LogP contribution in [-0.4, -0.2) is 39.2 Å². The maximum atomic E-state index is 12.4. The molecule has 148 valence electrons. The van der Waals surface area contributed by atoms with Gasteiger partial charge in [-0.25, -0.2) is 21.8 Å². The Morgan fingerprint density at radius 1 is 1.04 bits per heavy atom. The first-order chi connectivity index (χ1) is 12.6. The van der Waals surface area contributed by atoms with Crippen LogP contribution in [-0.2, 0) is 20.0 Å². The molecule has 0 bridgehead atoms. The van der Waals surface area contributed by atoms with E-state index in [2.05, 4.69) is 15.2 Å². The van der Waals surface area contributed by atoms with Crippen LogP contribution >= 0.6 is 23.2 Å². The summed E-state index contributed by atoms with van der Waals surface area (Å²) in [6.07, 6.45) is 1.15. The van der Waals surface area contributed by atoms with Crippen molar-refractivity contribution in [1.82, 2.24) is 14.1 Å². The summed E-state index contributed by atoms with van der Waals surface area (Å²) in [5.74, 6) is 0.107. The van der Waals surface area contributed by atoms with Gasteiger partial charge in [-0.2, -0.15) is 4.31 Å². The number of benzene rings is 1. The van der Waals surface area contributed by atoms with Crippen LogP contribution in [0.15, 0.2) is 46.3 Å². The smallest absolute Gasteiger partial charge is 0.258 e. The van der Waals surface area contributed by atoms with Gasteiger partial charge in [-0.1, -0.05) is 43.1 Å². The molecule has 1 aromatic carbocycles. The van der Waals surface area contributed by atoms with Gasteiger partial charge in [0.05, 0.1) is 10.0 Å². The Morgan fingerprint density at radius 2 is 1.70 bits per heavy atom. The number of hydrogen-bond donors (Lipinski definition) is 2. The van der Waals surface area contributed by atoms with E-state index in [9.17, 15) is 16.8 Å². The van der Waals surface area contributed by atoms with Crippen molar-refractivity contribution in [3.63, 3.8) is 0 Å². The van der Waals surface area contributed by atoms with Gasteiger partial charge in [0.1, 0.15) is 15.6 Å². The van der Waals surface area contributed by atoms with Crippen LogP contribution in [0.1, 0.15) is 13.8 Å². The quantitative estimate of drug-likeness (QED) is 0.595. The molecular weight excluding hydrogens is 435 g/mol. The van der Waals surface area contributed by atoms with Gasteiger partial charge in [0.25, 0.3) is 10.0 Å². The number of nitrogens with one attached hydrogen (secondary N) is 2. The standard InChI is InChI=1S/C15H18Cl2N4O4S2/c1-3-21(4-2)27(24,25)11-8-9-14(18-10-11)19-20-26(22,23)13-7-5-6-12(16)15(13)17/h5-10,20H,3-4H2,1-2H3,(H,18,19).